The van der Waals surface area contributed by atoms with Gasteiger partial charge in [0.2, 0.25) is 0 Å². The molecular formula is C30H50O2. The third-order valence-corrected chi connectivity index (χ3v) is 7.15. The third kappa shape index (κ3) is 10.7. The van der Waals surface area contributed by atoms with Crippen LogP contribution < -0.4 is 0 Å². The summed E-state index contributed by atoms with van der Waals surface area (Å²) in [5.74, 6) is 0. The van der Waals surface area contributed by atoms with Gasteiger partial charge in [-0.05, 0) is 120 Å². The predicted octanol–water partition coefficient (Wildman–Crippen LogP) is 9.03. The molecule has 2 atom stereocenters. The van der Waals surface area contributed by atoms with E-state index in [0.717, 1.165) is 25.7 Å². The van der Waals surface area contributed by atoms with Gasteiger partial charge in [-0.15, -0.1) is 0 Å². The standard InChI is InChI=1S/C30H50O2/c1-23(15-11-17-25(3)19-21-27-29(5,6)31-27)13-9-10-14-24(2)16-12-18-26(4)20-22-28-30(7,8)32-28/h13-14,17-18,27-28H,9-12,15-16,19-22H2,1-8H3/b23-13+,24-14+,25-17+,26-18?. The highest BCUT2D eigenvalue weighted by Crippen LogP contribution is 2.39. The molecule has 0 spiro atoms. The van der Waals surface area contributed by atoms with E-state index in [-0.39, 0.29) is 11.2 Å². The first kappa shape index (κ1) is 27.1. The van der Waals surface area contributed by atoms with Gasteiger partial charge in [-0.2, -0.15) is 0 Å². The van der Waals surface area contributed by atoms with Crippen molar-refractivity contribution in [1.29, 1.82) is 0 Å². The van der Waals surface area contributed by atoms with Crippen molar-refractivity contribution in [3.8, 4) is 0 Å². The Hall–Kier alpha value is -1.12. The van der Waals surface area contributed by atoms with Gasteiger partial charge < -0.3 is 9.47 Å². The minimum absolute atomic E-state index is 0.130. The van der Waals surface area contributed by atoms with Crippen LogP contribution in [0.1, 0.15) is 120 Å². The zero-order valence-corrected chi connectivity index (χ0v) is 22.4. The molecule has 2 aliphatic heterocycles. The van der Waals surface area contributed by atoms with E-state index >= 15 is 0 Å². The number of epoxide rings is 2. The second-order valence-corrected chi connectivity index (χ2v) is 11.4. The quantitative estimate of drug-likeness (QED) is 0.143. The summed E-state index contributed by atoms with van der Waals surface area (Å²) in [6.07, 6.45) is 22.3. The van der Waals surface area contributed by atoms with Crippen LogP contribution >= 0.6 is 0 Å². The number of hydrogen-bond acceptors (Lipinski definition) is 2. The Labute approximate surface area is 199 Å². The molecule has 2 aliphatic rings. The summed E-state index contributed by atoms with van der Waals surface area (Å²) in [5.41, 5.74) is 6.32. The molecule has 32 heavy (non-hydrogen) atoms. The first-order valence-corrected chi connectivity index (χ1v) is 13.0. The fourth-order valence-corrected chi connectivity index (χ4v) is 4.36. The van der Waals surface area contributed by atoms with Crippen LogP contribution in [0.4, 0.5) is 0 Å². The molecule has 0 aromatic carbocycles. The Morgan fingerprint density at radius 2 is 0.812 bits per heavy atom. The molecule has 2 nitrogen and oxygen atoms in total. The van der Waals surface area contributed by atoms with Crippen LogP contribution in [0, 0.1) is 0 Å². The SMILES string of the molecule is CC(=CCC/C(C)=C/CC/C=C(\C)CC/C=C(\C)CCC1OC1(C)C)CCC1OC1(C)C. The maximum Gasteiger partial charge on any atom is 0.0892 e. The number of ether oxygens (including phenoxy) is 2. The van der Waals surface area contributed by atoms with Gasteiger partial charge in [-0.1, -0.05) is 46.6 Å². The van der Waals surface area contributed by atoms with E-state index in [1.54, 1.807) is 0 Å². The summed E-state index contributed by atoms with van der Waals surface area (Å²) in [6.45, 7) is 17.8. The van der Waals surface area contributed by atoms with Gasteiger partial charge in [0, 0.05) is 0 Å². The van der Waals surface area contributed by atoms with Crippen LogP contribution in [0.2, 0.25) is 0 Å². The van der Waals surface area contributed by atoms with Gasteiger partial charge in [-0.3, -0.25) is 0 Å². The molecular weight excluding hydrogens is 392 g/mol. The maximum absolute atomic E-state index is 5.68. The lowest BCUT2D eigenvalue weighted by molar-refractivity contribution is 0.319. The average Bonchev–Trinajstić information content (AvgIpc) is 3.54. The first-order valence-electron chi connectivity index (χ1n) is 13.0. The largest absolute Gasteiger partial charge is 0.367 e. The molecule has 0 bridgehead atoms. The van der Waals surface area contributed by atoms with Crippen LogP contribution in [-0.4, -0.2) is 23.4 Å². The predicted molar refractivity (Wildman–Crippen MR) is 139 cm³/mol. The molecule has 0 aromatic heterocycles. The van der Waals surface area contributed by atoms with Crippen molar-refractivity contribution in [3.63, 3.8) is 0 Å². The number of unbranched alkanes of at least 4 members (excludes halogenated alkanes) is 1. The summed E-state index contributed by atoms with van der Waals surface area (Å²) in [6, 6.07) is 0. The second-order valence-electron chi connectivity index (χ2n) is 11.4. The van der Waals surface area contributed by atoms with Gasteiger partial charge in [0.1, 0.15) is 0 Å². The summed E-state index contributed by atoms with van der Waals surface area (Å²) in [5, 5.41) is 0. The molecule has 182 valence electrons. The molecule has 2 unspecified atom stereocenters. The van der Waals surface area contributed by atoms with E-state index in [2.05, 4.69) is 79.7 Å². The summed E-state index contributed by atoms with van der Waals surface area (Å²) < 4.78 is 11.4. The first-order chi connectivity index (χ1) is 15.0. The van der Waals surface area contributed by atoms with E-state index in [4.69, 9.17) is 9.47 Å². The topological polar surface area (TPSA) is 25.1 Å². The smallest absolute Gasteiger partial charge is 0.0892 e. The van der Waals surface area contributed by atoms with Gasteiger partial charge in [-0.25, -0.2) is 0 Å². The summed E-state index contributed by atoms with van der Waals surface area (Å²) >= 11 is 0. The fourth-order valence-electron chi connectivity index (χ4n) is 4.36. The highest BCUT2D eigenvalue weighted by atomic mass is 16.6. The molecule has 2 fully saturated rings. The molecule has 2 rings (SSSR count). The fraction of sp³-hybridized carbons (Fsp3) is 0.733. The Bertz CT molecular complexity index is 655. The molecule has 2 heteroatoms. The van der Waals surface area contributed by atoms with Crippen LogP contribution in [-0.2, 0) is 9.47 Å². The molecule has 0 aromatic rings. The van der Waals surface area contributed by atoms with E-state index in [1.165, 1.54) is 60.8 Å². The van der Waals surface area contributed by atoms with Crippen molar-refractivity contribution in [3.05, 3.63) is 46.6 Å². The van der Waals surface area contributed by atoms with Crippen LogP contribution in [0.15, 0.2) is 46.6 Å². The monoisotopic (exact) mass is 442 g/mol. The maximum atomic E-state index is 5.68. The second kappa shape index (κ2) is 12.4. The summed E-state index contributed by atoms with van der Waals surface area (Å²) in [7, 11) is 0. The van der Waals surface area contributed by atoms with Crippen molar-refractivity contribution in [2.24, 2.45) is 0 Å². The van der Waals surface area contributed by atoms with Crippen molar-refractivity contribution >= 4 is 0 Å². The molecule has 0 N–H and O–H groups in total. The minimum atomic E-state index is 0.130. The van der Waals surface area contributed by atoms with E-state index in [0.29, 0.717) is 12.2 Å². The van der Waals surface area contributed by atoms with Crippen LogP contribution in [0.25, 0.3) is 0 Å². The zero-order chi connectivity index (χ0) is 23.8. The van der Waals surface area contributed by atoms with E-state index < -0.39 is 0 Å². The van der Waals surface area contributed by atoms with E-state index in [1.807, 2.05) is 0 Å². The number of hydrogen-bond donors (Lipinski definition) is 0. The van der Waals surface area contributed by atoms with Gasteiger partial charge in [0.25, 0.3) is 0 Å². The Kier molecular flexibility index (Phi) is 10.5. The average molecular weight is 443 g/mol. The van der Waals surface area contributed by atoms with Gasteiger partial charge in [0.05, 0.1) is 23.4 Å². The lowest BCUT2D eigenvalue weighted by atomic mass is 10.0. The molecule has 2 saturated heterocycles. The molecule has 0 radical (unpaired) electrons. The van der Waals surface area contributed by atoms with E-state index in [9.17, 15) is 0 Å². The van der Waals surface area contributed by atoms with Gasteiger partial charge >= 0.3 is 0 Å². The normalized spacial score (nSPS) is 25.2. The highest BCUT2D eigenvalue weighted by Gasteiger charge is 2.47. The molecule has 0 aliphatic carbocycles. The minimum Gasteiger partial charge on any atom is -0.367 e. The highest BCUT2D eigenvalue weighted by molar-refractivity contribution is 5.08. The molecule has 2 heterocycles. The molecule has 0 saturated carbocycles. The number of allylic oxidation sites excluding steroid dienone is 8. The van der Waals surface area contributed by atoms with Crippen molar-refractivity contribution < 1.29 is 9.47 Å². The van der Waals surface area contributed by atoms with Crippen LogP contribution in [0.5, 0.6) is 0 Å². The summed E-state index contributed by atoms with van der Waals surface area (Å²) in [4.78, 5) is 0. The van der Waals surface area contributed by atoms with Crippen molar-refractivity contribution in [2.45, 2.75) is 143 Å². The Morgan fingerprint density at radius 3 is 1.12 bits per heavy atom. The van der Waals surface area contributed by atoms with Gasteiger partial charge in [0.15, 0.2) is 0 Å². The molecule has 0 amide bonds. The lowest BCUT2D eigenvalue weighted by Crippen LogP contribution is -2.02. The lowest BCUT2D eigenvalue weighted by Gasteiger charge is -2.03. The Balaban J connectivity index is 1.52. The third-order valence-electron chi connectivity index (χ3n) is 7.15. The van der Waals surface area contributed by atoms with Crippen molar-refractivity contribution in [2.75, 3.05) is 0 Å². The van der Waals surface area contributed by atoms with Crippen molar-refractivity contribution in [1.82, 2.24) is 0 Å². The number of rotatable bonds is 15. The zero-order valence-electron chi connectivity index (χ0n) is 22.4. The van der Waals surface area contributed by atoms with Crippen LogP contribution in [0.3, 0.4) is 0 Å². The Morgan fingerprint density at radius 1 is 0.531 bits per heavy atom.